The number of carbonyl (C=O) groups is 1. The Morgan fingerprint density at radius 2 is 1.68 bits per heavy atom. The zero-order valence-corrected chi connectivity index (χ0v) is 12.0. The Morgan fingerprint density at radius 1 is 1.11 bits per heavy atom. The number of rotatable bonds is 11. The molecule has 0 unspecified atom stereocenters. The number of azide groups is 1. The molecule has 0 bridgehead atoms. The van der Waals surface area contributed by atoms with Gasteiger partial charge in [-0.1, -0.05) is 69.8 Å². The maximum absolute atomic E-state index is 11.1. The van der Waals surface area contributed by atoms with Crippen LogP contribution in [-0.4, -0.2) is 18.0 Å². The summed E-state index contributed by atoms with van der Waals surface area (Å²) in [6.45, 7) is 2.24. The van der Waals surface area contributed by atoms with Gasteiger partial charge in [-0.05, 0) is 12.0 Å². The Balaban J connectivity index is 1.91. The van der Waals surface area contributed by atoms with E-state index in [0.29, 0.717) is 0 Å². The summed E-state index contributed by atoms with van der Waals surface area (Å²) in [7, 11) is 0. The van der Waals surface area contributed by atoms with Gasteiger partial charge < -0.3 is 5.32 Å². The molecule has 1 N–H and O–H groups in total. The average molecular weight is 266 g/mol. The van der Waals surface area contributed by atoms with Gasteiger partial charge in [0.15, 0.2) is 0 Å². The number of nitrogens with zero attached hydrogens (tertiary/aromatic N) is 3. The molecule has 1 fully saturated rings. The molecule has 0 aromatic carbocycles. The molecular formula is C14H26N4O. The molecule has 19 heavy (non-hydrogen) atoms. The van der Waals surface area contributed by atoms with E-state index in [1.54, 1.807) is 0 Å². The van der Waals surface area contributed by atoms with Gasteiger partial charge in [0.2, 0.25) is 5.91 Å². The molecule has 1 rings (SSSR count). The molecule has 1 saturated heterocycles. The second kappa shape index (κ2) is 9.68. The predicted molar refractivity (Wildman–Crippen MR) is 76.7 cm³/mol. The van der Waals surface area contributed by atoms with Crippen LogP contribution in [-0.2, 0) is 4.79 Å². The van der Waals surface area contributed by atoms with Crippen LogP contribution in [0.15, 0.2) is 5.11 Å². The molecule has 0 aromatic rings. The maximum Gasteiger partial charge on any atom is 0.231 e. The number of carbonyl (C=O) groups excluding carboxylic acids is 1. The molecule has 5 nitrogen and oxygen atoms in total. The second-order valence-electron chi connectivity index (χ2n) is 5.38. The number of hydrogen-bond acceptors (Lipinski definition) is 2. The summed E-state index contributed by atoms with van der Waals surface area (Å²) in [5.74, 6) is -0.126. The number of hydrogen-bond donors (Lipinski definition) is 1. The fraction of sp³-hybridized carbons (Fsp3) is 0.929. The third kappa shape index (κ3) is 5.97. The zero-order valence-electron chi connectivity index (χ0n) is 12.0. The first-order valence-corrected chi connectivity index (χ1v) is 7.64. The highest BCUT2D eigenvalue weighted by atomic mass is 16.2. The van der Waals surface area contributed by atoms with Crippen molar-refractivity contribution in [1.82, 2.24) is 5.32 Å². The Bertz CT molecular complexity index is 311. The highest BCUT2D eigenvalue weighted by molar-refractivity contribution is 5.89. The van der Waals surface area contributed by atoms with Crippen LogP contribution in [0.25, 0.3) is 10.4 Å². The summed E-state index contributed by atoms with van der Waals surface area (Å²) in [4.78, 5) is 13.8. The van der Waals surface area contributed by atoms with E-state index in [9.17, 15) is 4.79 Å². The molecule has 1 amide bonds. The number of nitrogens with one attached hydrogen (secondary N) is 1. The molecule has 0 spiro atoms. The standard InChI is InChI=1S/C14H26N4O/c1-2-3-4-5-6-7-8-9-10-11-12-13(17-18-15)14(19)16-12/h12-13H,2-11H2,1H3,(H,16,19)/t12-,13-/m0/s1. The second-order valence-corrected chi connectivity index (χ2v) is 5.38. The highest BCUT2D eigenvalue weighted by Crippen LogP contribution is 2.18. The monoisotopic (exact) mass is 266 g/mol. The lowest BCUT2D eigenvalue weighted by molar-refractivity contribution is -0.130. The van der Waals surface area contributed by atoms with Gasteiger partial charge in [-0.2, -0.15) is 0 Å². The van der Waals surface area contributed by atoms with Crippen molar-refractivity contribution in [2.45, 2.75) is 83.2 Å². The van der Waals surface area contributed by atoms with E-state index < -0.39 is 6.04 Å². The Hall–Kier alpha value is -1.22. The summed E-state index contributed by atoms with van der Waals surface area (Å²) >= 11 is 0. The van der Waals surface area contributed by atoms with Gasteiger partial charge in [-0.25, -0.2) is 0 Å². The summed E-state index contributed by atoms with van der Waals surface area (Å²) in [6, 6.07) is -0.382. The Labute approximate surface area is 115 Å². The summed E-state index contributed by atoms with van der Waals surface area (Å²) < 4.78 is 0. The van der Waals surface area contributed by atoms with Crippen molar-refractivity contribution in [3.63, 3.8) is 0 Å². The van der Waals surface area contributed by atoms with Crippen molar-refractivity contribution in [3.05, 3.63) is 10.4 Å². The first kappa shape index (κ1) is 15.8. The van der Waals surface area contributed by atoms with Crippen molar-refractivity contribution < 1.29 is 4.79 Å². The molecule has 1 heterocycles. The van der Waals surface area contributed by atoms with E-state index in [1.165, 1.54) is 51.4 Å². The van der Waals surface area contributed by atoms with Crippen LogP contribution >= 0.6 is 0 Å². The van der Waals surface area contributed by atoms with Gasteiger partial charge in [-0.3, -0.25) is 4.79 Å². The van der Waals surface area contributed by atoms with E-state index >= 15 is 0 Å². The number of β-lactam (4-membered cyclic amide) rings is 1. The van der Waals surface area contributed by atoms with Crippen molar-refractivity contribution in [3.8, 4) is 0 Å². The normalized spacial score (nSPS) is 21.4. The van der Waals surface area contributed by atoms with Crippen molar-refractivity contribution in [1.29, 1.82) is 0 Å². The molecule has 0 aromatic heterocycles. The lowest BCUT2D eigenvalue weighted by Gasteiger charge is -2.33. The third-order valence-electron chi connectivity index (χ3n) is 3.77. The lowest BCUT2D eigenvalue weighted by atomic mass is 9.94. The SMILES string of the molecule is CCCCCCCCCCC[C@@H]1NC(=O)[C@H]1N=[N+]=[N-]. The number of unbranched alkanes of at least 4 members (excludes halogenated alkanes) is 8. The fourth-order valence-electron chi connectivity index (χ4n) is 2.53. The van der Waals surface area contributed by atoms with Crippen LogP contribution in [0.5, 0.6) is 0 Å². The average Bonchev–Trinajstić information content (AvgIpc) is 2.41. The third-order valence-corrected chi connectivity index (χ3v) is 3.77. The first-order chi connectivity index (χ1) is 9.29. The van der Waals surface area contributed by atoms with Gasteiger partial charge in [-0.15, -0.1) is 0 Å². The fourth-order valence-corrected chi connectivity index (χ4v) is 2.53. The van der Waals surface area contributed by atoms with Crippen molar-refractivity contribution >= 4 is 5.91 Å². The molecule has 108 valence electrons. The van der Waals surface area contributed by atoms with Gasteiger partial charge in [0, 0.05) is 11.0 Å². The molecular weight excluding hydrogens is 240 g/mol. The molecule has 2 atom stereocenters. The summed E-state index contributed by atoms with van der Waals surface area (Å²) in [5.41, 5.74) is 8.35. The smallest absolute Gasteiger partial charge is 0.231 e. The van der Waals surface area contributed by atoms with E-state index in [2.05, 4.69) is 22.3 Å². The Kier molecular flexibility index (Phi) is 8.07. The molecule has 1 aliphatic heterocycles. The van der Waals surface area contributed by atoms with E-state index in [4.69, 9.17) is 5.53 Å². The van der Waals surface area contributed by atoms with Gasteiger partial charge >= 0.3 is 0 Å². The maximum atomic E-state index is 11.1. The number of amides is 1. The van der Waals surface area contributed by atoms with Crippen LogP contribution in [0.3, 0.4) is 0 Å². The Morgan fingerprint density at radius 3 is 2.21 bits per heavy atom. The molecule has 0 saturated carbocycles. The highest BCUT2D eigenvalue weighted by Gasteiger charge is 2.37. The molecule has 5 heteroatoms. The van der Waals surface area contributed by atoms with E-state index in [0.717, 1.165) is 12.8 Å². The van der Waals surface area contributed by atoms with Crippen LogP contribution in [0.1, 0.15) is 71.1 Å². The zero-order chi connectivity index (χ0) is 13.9. The summed E-state index contributed by atoms with van der Waals surface area (Å²) in [6.07, 6.45) is 12.6. The van der Waals surface area contributed by atoms with Crippen LogP contribution in [0.4, 0.5) is 0 Å². The molecule has 0 radical (unpaired) electrons. The largest absolute Gasteiger partial charge is 0.352 e. The van der Waals surface area contributed by atoms with Crippen molar-refractivity contribution in [2.24, 2.45) is 5.11 Å². The molecule has 1 aliphatic rings. The molecule has 0 aliphatic carbocycles. The van der Waals surface area contributed by atoms with Crippen LogP contribution in [0.2, 0.25) is 0 Å². The van der Waals surface area contributed by atoms with E-state index in [-0.39, 0.29) is 11.9 Å². The first-order valence-electron chi connectivity index (χ1n) is 7.64. The summed E-state index contributed by atoms with van der Waals surface area (Å²) in [5, 5.41) is 6.32. The predicted octanol–water partition coefficient (Wildman–Crippen LogP) is 4.08. The van der Waals surface area contributed by atoms with Gasteiger partial charge in [0.25, 0.3) is 0 Å². The lowest BCUT2D eigenvalue weighted by Crippen LogP contribution is -2.61. The van der Waals surface area contributed by atoms with Crippen molar-refractivity contribution in [2.75, 3.05) is 0 Å². The van der Waals surface area contributed by atoms with Crippen LogP contribution in [0, 0.1) is 0 Å². The minimum atomic E-state index is -0.459. The topological polar surface area (TPSA) is 77.9 Å². The minimum Gasteiger partial charge on any atom is -0.352 e. The van der Waals surface area contributed by atoms with Gasteiger partial charge in [0.05, 0.1) is 0 Å². The quantitative estimate of drug-likeness (QED) is 0.197. The van der Waals surface area contributed by atoms with Crippen LogP contribution < -0.4 is 5.32 Å². The van der Waals surface area contributed by atoms with Gasteiger partial charge in [0.1, 0.15) is 6.04 Å². The van der Waals surface area contributed by atoms with E-state index in [1.807, 2.05) is 0 Å². The minimum absolute atomic E-state index is 0.0768.